The highest BCUT2D eigenvalue weighted by Crippen LogP contribution is 2.53. The van der Waals surface area contributed by atoms with Gasteiger partial charge in [-0.3, -0.25) is 0 Å². The molecule has 16 heavy (non-hydrogen) atoms. The molecule has 0 aliphatic heterocycles. The van der Waals surface area contributed by atoms with Crippen LogP contribution in [0.2, 0.25) is 0 Å². The van der Waals surface area contributed by atoms with E-state index < -0.39 is 17.2 Å². The third kappa shape index (κ3) is 1.61. The van der Waals surface area contributed by atoms with Gasteiger partial charge in [-0.25, -0.2) is 13.2 Å². The molecule has 2 rings (SSSR count). The Labute approximate surface area is 92.5 Å². The molecule has 1 aromatic carbocycles. The number of hydrogen-bond acceptors (Lipinski definition) is 1. The van der Waals surface area contributed by atoms with Gasteiger partial charge in [0.15, 0.2) is 0 Å². The minimum atomic E-state index is -2.70. The smallest absolute Gasteiger partial charge is 0.250 e. The molecule has 1 saturated carbocycles. The maximum atomic E-state index is 13.9. The van der Waals surface area contributed by atoms with Gasteiger partial charge in [-0.1, -0.05) is 18.2 Å². The lowest BCUT2D eigenvalue weighted by molar-refractivity contribution is -0.124. The van der Waals surface area contributed by atoms with E-state index in [4.69, 9.17) is 5.73 Å². The van der Waals surface area contributed by atoms with Crippen molar-refractivity contribution in [2.75, 3.05) is 6.54 Å². The van der Waals surface area contributed by atoms with Crippen molar-refractivity contribution in [2.45, 2.75) is 31.1 Å². The molecule has 1 aliphatic rings. The van der Waals surface area contributed by atoms with Crippen molar-refractivity contribution in [3.63, 3.8) is 0 Å². The molecule has 2 N–H and O–H groups in total. The Morgan fingerprint density at radius 1 is 1.31 bits per heavy atom. The number of halogens is 3. The first-order valence-corrected chi connectivity index (χ1v) is 5.24. The van der Waals surface area contributed by atoms with Crippen LogP contribution < -0.4 is 5.73 Å². The molecule has 0 radical (unpaired) electrons. The molecular formula is C12H14F3N. The summed E-state index contributed by atoms with van der Waals surface area (Å²) in [6.45, 7) is 1.68. The summed E-state index contributed by atoms with van der Waals surface area (Å²) in [5, 5.41) is 0. The third-order valence-electron chi connectivity index (χ3n) is 3.35. The van der Waals surface area contributed by atoms with Gasteiger partial charge in [0.05, 0.1) is 0 Å². The van der Waals surface area contributed by atoms with Crippen LogP contribution in [0.4, 0.5) is 13.2 Å². The summed E-state index contributed by atoms with van der Waals surface area (Å²) in [5.41, 5.74) is 5.47. The Bertz CT molecular complexity index is 407. The Kier molecular flexibility index (Phi) is 2.49. The fourth-order valence-corrected chi connectivity index (χ4v) is 2.44. The van der Waals surface area contributed by atoms with Gasteiger partial charge in [0.1, 0.15) is 5.82 Å². The summed E-state index contributed by atoms with van der Waals surface area (Å²) in [6, 6.07) is 4.87. The van der Waals surface area contributed by atoms with Crippen molar-refractivity contribution in [3.05, 3.63) is 35.1 Å². The predicted molar refractivity (Wildman–Crippen MR) is 56.1 cm³/mol. The van der Waals surface area contributed by atoms with E-state index in [1.807, 2.05) is 0 Å². The van der Waals surface area contributed by atoms with Crippen LogP contribution in [0.1, 0.15) is 24.0 Å². The Morgan fingerprint density at radius 2 is 1.94 bits per heavy atom. The lowest BCUT2D eigenvalue weighted by Gasteiger charge is -2.47. The van der Waals surface area contributed by atoms with Crippen LogP contribution in [0.5, 0.6) is 0 Å². The van der Waals surface area contributed by atoms with Crippen molar-refractivity contribution >= 4 is 0 Å². The van der Waals surface area contributed by atoms with Crippen LogP contribution in [-0.2, 0) is 5.41 Å². The molecule has 0 heterocycles. The zero-order valence-corrected chi connectivity index (χ0v) is 9.06. The van der Waals surface area contributed by atoms with E-state index in [1.54, 1.807) is 25.1 Å². The quantitative estimate of drug-likeness (QED) is 0.829. The normalized spacial score (nSPS) is 21.6. The van der Waals surface area contributed by atoms with Gasteiger partial charge in [-0.2, -0.15) is 0 Å². The number of rotatable bonds is 2. The van der Waals surface area contributed by atoms with Crippen LogP contribution >= 0.6 is 0 Å². The van der Waals surface area contributed by atoms with Gasteiger partial charge < -0.3 is 5.73 Å². The molecule has 88 valence electrons. The minimum absolute atomic E-state index is 0.0585. The summed E-state index contributed by atoms with van der Waals surface area (Å²) in [7, 11) is 0. The lowest BCUT2D eigenvalue weighted by atomic mass is 9.62. The van der Waals surface area contributed by atoms with E-state index in [-0.39, 0.29) is 19.4 Å². The Hall–Kier alpha value is -1.03. The number of aryl methyl sites for hydroxylation is 1. The molecule has 1 nitrogen and oxygen atoms in total. The molecule has 0 aromatic heterocycles. The van der Waals surface area contributed by atoms with Gasteiger partial charge >= 0.3 is 0 Å². The summed E-state index contributed by atoms with van der Waals surface area (Å²) in [6.07, 6.45) is -0.701. The summed E-state index contributed by atoms with van der Waals surface area (Å²) in [5.74, 6) is -3.10. The number of hydrogen-bond donors (Lipinski definition) is 1. The second kappa shape index (κ2) is 3.48. The van der Waals surface area contributed by atoms with E-state index in [2.05, 4.69) is 0 Å². The molecule has 1 fully saturated rings. The number of alkyl halides is 2. The van der Waals surface area contributed by atoms with Crippen molar-refractivity contribution in [3.8, 4) is 0 Å². The standard InChI is InChI=1S/C12H14F3N/c1-8-3-2-4-9(10(8)13)11(7-16)5-12(14,15)6-11/h2-4H,5-7,16H2,1H3. The molecule has 0 amide bonds. The Morgan fingerprint density at radius 3 is 2.44 bits per heavy atom. The van der Waals surface area contributed by atoms with Gasteiger partial charge in [-0.15, -0.1) is 0 Å². The topological polar surface area (TPSA) is 26.0 Å². The summed E-state index contributed by atoms with van der Waals surface area (Å²) >= 11 is 0. The molecule has 4 heteroatoms. The van der Waals surface area contributed by atoms with Gasteiger partial charge in [0, 0.05) is 24.8 Å². The second-order valence-electron chi connectivity index (χ2n) is 4.63. The van der Waals surface area contributed by atoms with E-state index in [0.29, 0.717) is 11.1 Å². The third-order valence-corrected chi connectivity index (χ3v) is 3.35. The van der Waals surface area contributed by atoms with Gasteiger partial charge in [-0.05, 0) is 18.1 Å². The zero-order valence-electron chi connectivity index (χ0n) is 9.06. The highest BCUT2D eigenvalue weighted by atomic mass is 19.3. The largest absolute Gasteiger partial charge is 0.330 e. The van der Waals surface area contributed by atoms with Crippen molar-refractivity contribution in [1.29, 1.82) is 0 Å². The van der Waals surface area contributed by atoms with Crippen molar-refractivity contribution in [1.82, 2.24) is 0 Å². The monoisotopic (exact) mass is 229 g/mol. The fourth-order valence-electron chi connectivity index (χ4n) is 2.44. The lowest BCUT2D eigenvalue weighted by Crippen LogP contribution is -2.54. The fraction of sp³-hybridized carbons (Fsp3) is 0.500. The average molecular weight is 229 g/mol. The minimum Gasteiger partial charge on any atom is -0.330 e. The van der Waals surface area contributed by atoms with Crippen molar-refractivity contribution < 1.29 is 13.2 Å². The number of nitrogens with two attached hydrogens (primary N) is 1. The molecule has 0 unspecified atom stereocenters. The molecule has 0 atom stereocenters. The molecule has 0 spiro atoms. The zero-order chi connectivity index (χ0) is 12.0. The molecule has 1 aromatic rings. The van der Waals surface area contributed by atoms with Gasteiger partial charge in [0.2, 0.25) is 5.92 Å². The first-order chi connectivity index (χ1) is 7.40. The predicted octanol–water partition coefficient (Wildman–Crippen LogP) is 2.76. The van der Waals surface area contributed by atoms with Crippen LogP contribution in [0.25, 0.3) is 0 Å². The van der Waals surface area contributed by atoms with E-state index in [1.165, 1.54) is 0 Å². The maximum Gasteiger partial charge on any atom is 0.250 e. The van der Waals surface area contributed by atoms with Gasteiger partial charge in [0.25, 0.3) is 0 Å². The first-order valence-electron chi connectivity index (χ1n) is 5.24. The second-order valence-corrected chi connectivity index (χ2v) is 4.63. The highest BCUT2D eigenvalue weighted by Gasteiger charge is 2.57. The van der Waals surface area contributed by atoms with E-state index in [0.717, 1.165) is 0 Å². The van der Waals surface area contributed by atoms with Crippen LogP contribution in [0, 0.1) is 12.7 Å². The average Bonchev–Trinajstić information content (AvgIpc) is 2.18. The van der Waals surface area contributed by atoms with Crippen LogP contribution in [0.3, 0.4) is 0 Å². The van der Waals surface area contributed by atoms with Crippen molar-refractivity contribution in [2.24, 2.45) is 5.73 Å². The molecule has 0 saturated heterocycles. The summed E-state index contributed by atoms with van der Waals surface area (Å²) < 4.78 is 39.8. The first kappa shape index (κ1) is 11.5. The molecular weight excluding hydrogens is 215 g/mol. The van der Waals surface area contributed by atoms with E-state index >= 15 is 0 Å². The Balaban J connectivity index is 2.40. The molecule has 1 aliphatic carbocycles. The van der Waals surface area contributed by atoms with E-state index in [9.17, 15) is 13.2 Å². The SMILES string of the molecule is Cc1cccc(C2(CN)CC(F)(F)C2)c1F. The van der Waals surface area contributed by atoms with Crippen LogP contribution in [-0.4, -0.2) is 12.5 Å². The van der Waals surface area contributed by atoms with Crippen LogP contribution in [0.15, 0.2) is 18.2 Å². The maximum absolute atomic E-state index is 13.9. The molecule has 0 bridgehead atoms. The number of benzene rings is 1. The highest BCUT2D eigenvalue weighted by molar-refractivity contribution is 5.35. The summed E-state index contributed by atoms with van der Waals surface area (Å²) in [4.78, 5) is 0.